The van der Waals surface area contributed by atoms with Gasteiger partial charge >= 0.3 is 0 Å². The number of nitrogens with one attached hydrogen (secondary N) is 2. The minimum absolute atomic E-state index is 0.111. The highest BCUT2D eigenvalue weighted by atomic mass is 16.2. The Hall–Kier alpha value is -2.38. The third-order valence-corrected chi connectivity index (χ3v) is 3.42. The summed E-state index contributed by atoms with van der Waals surface area (Å²) in [5.41, 5.74) is 0. The van der Waals surface area contributed by atoms with Gasteiger partial charge in [-0.25, -0.2) is 9.97 Å². The molecule has 8 nitrogen and oxygen atoms in total. The van der Waals surface area contributed by atoms with Gasteiger partial charge in [-0.05, 0) is 12.8 Å². The molecule has 8 heteroatoms. The first-order valence-electron chi connectivity index (χ1n) is 8.11. The third-order valence-electron chi connectivity index (χ3n) is 3.42. The molecule has 1 heterocycles. The number of nitrogens with zero attached hydrogens (tertiary/aromatic N) is 4. The van der Waals surface area contributed by atoms with E-state index in [4.69, 9.17) is 0 Å². The van der Waals surface area contributed by atoms with Gasteiger partial charge in [-0.3, -0.25) is 9.59 Å². The predicted octanol–water partition coefficient (Wildman–Crippen LogP) is 1.04. The van der Waals surface area contributed by atoms with Gasteiger partial charge in [0, 0.05) is 66.5 Å². The lowest BCUT2D eigenvalue weighted by atomic mass is 10.3. The van der Waals surface area contributed by atoms with Crippen molar-refractivity contribution in [2.75, 3.05) is 51.9 Å². The van der Waals surface area contributed by atoms with Crippen LogP contribution in [0.1, 0.15) is 25.7 Å². The Morgan fingerprint density at radius 2 is 1.21 bits per heavy atom. The van der Waals surface area contributed by atoms with Gasteiger partial charge in [-0.1, -0.05) is 0 Å². The predicted molar refractivity (Wildman–Crippen MR) is 94.9 cm³/mol. The highest BCUT2D eigenvalue weighted by Crippen LogP contribution is 2.14. The third kappa shape index (κ3) is 7.26. The topological polar surface area (TPSA) is 90.5 Å². The van der Waals surface area contributed by atoms with Crippen LogP contribution in [-0.4, -0.2) is 72.9 Å². The number of hydrogen-bond donors (Lipinski definition) is 2. The van der Waals surface area contributed by atoms with E-state index in [1.54, 1.807) is 50.4 Å². The number of rotatable bonds is 10. The van der Waals surface area contributed by atoms with Crippen molar-refractivity contribution in [3.05, 3.63) is 12.4 Å². The molecule has 0 fully saturated rings. The van der Waals surface area contributed by atoms with Gasteiger partial charge < -0.3 is 20.4 Å². The quantitative estimate of drug-likeness (QED) is 0.621. The summed E-state index contributed by atoms with van der Waals surface area (Å²) in [4.78, 5) is 34.8. The number of anilines is 2. The second-order valence-corrected chi connectivity index (χ2v) is 5.89. The van der Waals surface area contributed by atoms with E-state index in [1.807, 2.05) is 0 Å². The van der Waals surface area contributed by atoms with Crippen molar-refractivity contribution in [3.63, 3.8) is 0 Å². The molecule has 0 atom stereocenters. The minimum Gasteiger partial charge on any atom is -0.367 e. The molecule has 1 aromatic heterocycles. The van der Waals surface area contributed by atoms with Gasteiger partial charge in [0.1, 0.15) is 0 Å². The van der Waals surface area contributed by atoms with Crippen LogP contribution in [0.15, 0.2) is 12.4 Å². The van der Waals surface area contributed by atoms with E-state index in [2.05, 4.69) is 20.6 Å². The zero-order valence-corrected chi connectivity index (χ0v) is 15.0. The molecule has 0 spiro atoms. The fraction of sp³-hybridized carbons (Fsp3) is 0.625. The van der Waals surface area contributed by atoms with Crippen molar-refractivity contribution in [2.24, 2.45) is 0 Å². The van der Waals surface area contributed by atoms with Crippen LogP contribution in [0.3, 0.4) is 0 Å². The zero-order chi connectivity index (χ0) is 17.9. The average molecular weight is 336 g/mol. The van der Waals surface area contributed by atoms with Crippen LogP contribution in [0.25, 0.3) is 0 Å². The Labute approximate surface area is 143 Å². The van der Waals surface area contributed by atoms with E-state index >= 15 is 0 Å². The Morgan fingerprint density at radius 1 is 0.833 bits per heavy atom. The van der Waals surface area contributed by atoms with Crippen LogP contribution in [0.5, 0.6) is 0 Å². The Bertz CT molecular complexity index is 486. The fourth-order valence-corrected chi connectivity index (χ4v) is 1.94. The van der Waals surface area contributed by atoms with Gasteiger partial charge in [0.05, 0.1) is 0 Å². The molecule has 0 saturated carbocycles. The maximum Gasteiger partial charge on any atom is 0.222 e. The lowest BCUT2D eigenvalue weighted by Crippen LogP contribution is -2.22. The first-order chi connectivity index (χ1) is 11.4. The van der Waals surface area contributed by atoms with E-state index in [0.29, 0.717) is 37.6 Å². The smallest absolute Gasteiger partial charge is 0.222 e. The molecule has 0 aliphatic rings. The number of hydrogen-bond acceptors (Lipinski definition) is 6. The Kier molecular flexibility index (Phi) is 8.53. The Balaban J connectivity index is 2.36. The summed E-state index contributed by atoms with van der Waals surface area (Å²) >= 11 is 0. The van der Waals surface area contributed by atoms with Gasteiger partial charge in [-0.15, -0.1) is 0 Å². The van der Waals surface area contributed by atoms with Crippen molar-refractivity contribution in [2.45, 2.75) is 25.7 Å². The molecule has 2 amide bonds. The highest BCUT2D eigenvalue weighted by Gasteiger charge is 2.07. The standard InChI is InChI=1S/C16H28N6O2/c1-21(2)13(23)7-5-9-17-15-16(20-12-11-19-15)18-10-6-8-14(24)22(3)4/h11-12H,5-10H2,1-4H3,(H,17,19)(H,18,20). The number of carbonyl (C=O) groups is 2. The van der Waals surface area contributed by atoms with Crippen LogP contribution in [-0.2, 0) is 9.59 Å². The highest BCUT2D eigenvalue weighted by molar-refractivity contribution is 5.76. The van der Waals surface area contributed by atoms with E-state index in [9.17, 15) is 9.59 Å². The van der Waals surface area contributed by atoms with Gasteiger partial charge in [-0.2, -0.15) is 0 Å². The van der Waals surface area contributed by atoms with Crippen LogP contribution in [0.2, 0.25) is 0 Å². The summed E-state index contributed by atoms with van der Waals surface area (Å²) in [6, 6.07) is 0. The maximum absolute atomic E-state index is 11.5. The van der Waals surface area contributed by atoms with Crippen LogP contribution in [0, 0.1) is 0 Å². The SMILES string of the molecule is CN(C)C(=O)CCCNc1nccnc1NCCCC(=O)N(C)C. The molecule has 0 aliphatic carbocycles. The fourth-order valence-electron chi connectivity index (χ4n) is 1.94. The molecule has 0 unspecified atom stereocenters. The largest absolute Gasteiger partial charge is 0.367 e. The minimum atomic E-state index is 0.111. The van der Waals surface area contributed by atoms with E-state index in [-0.39, 0.29) is 11.8 Å². The molecule has 0 radical (unpaired) electrons. The molecule has 1 aromatic rings. The summed E-state index contributed by atoms with van der Waals surface area (Å²) in [6.45, 7) is 1.29. The molecule has 0 aromatic carbocycles. The van der Waals surface area contributed by atoms with Crippen molar-refractivity contribution in [3.8, 4) is 0 Å². The second kappa shape index (κ2) is 10.4. The first-order valence-corrected chi connectivity index (χ1v) is 8.11. The van der Waals surface area contributed by atoms with Gasteiger partial charge in [0.2, 0.25) is 11.8 Å². The molecule has 134 valence electrons. The van der Waals surface area contributed by atoms with E-state index in [0.717, 1.165) is 12.8 Å². The lowest BCUT2D eigenvalue weighted by molar-refractivity contribution is -0.129. The lowest BCUT2D eigenvalue weighted by Gasteiger charge is -2.13. The molecule has 2 N–H and O–H groups in total. The summed E-state index contributed by atoms with van der Waals surface area (Å²) in [6.07, 6.45) is 5.68. The zero-order valence-electron chi connectivity index (χ0n) is 15.0. The van der Waals surface area contributed by atoms with Crippen molar-refractivity contribution >= 4 is 23.5 Å². The first kappa shape index (κ1) is 19.7. The number of amides is 2. The molecule has 24 heavy (non-hydrogen) atoms. The maximum atomic E-state index is 11.5. The van der Waals surface area contributed by atoms with Crippen molar-refractivity contribution < 1.29 is 9.59 Å². The molecule has 0 saturated heterocycles. The van der Waals surface area contributed by atoms with Gasteiger partial charge in [0.25, 0.3) is 0 Å². The number of aromatic nitrogens is 2. The monoisotopic (exact) mass is 336 g/mol. The molecular formula is C16H28N6O2. The van der Waals surface area contributed by atoms with Crippen LogP contribution >= 0.6 is 0 Å². The van der Waals surface area contributed by atoms with Crippen molar-refractivity contribution in [1.82, 2.24) is 19.8 Å². The molecule has 1 rings (SSSR count). The molecular weight excluding hydrogens is 308 g/mol. The average Bonchev–Trinajstić information content (AvgIpc) is 2.55. The Morgan fingerprint density at radius 3 is 1.54 bits per heavy atom. The summed E-state index contributed by atoms with van der Waals surface area (Å²) in [5, 5.41) is 6.39. The second-order valence-electron chi connectivity index (χ2n) is 5.89. The number of carbonyl (C=O) groups excluding carboxylic acids is 2. The summed E-state index contributed by atoms with van der Waals surface area (Å²) in [7, 11) is 7.01. The summed E-state index contributed by atoms with van der Waals surface area (Å²) in [5.74, 6) is 1.54. The van der Waals surface area contributed by atoms with Crippen LogP contribution < -0.4 is 10.6 Å². The normalized spacial score (nSPS) is 10.2. The molecule has 0 aliphatic heterocycles. The van der Waals surface area contributed by atoms with E-state index in [1.165, 1.54) is 0 Å². The van der Waals surface area contributed by atoms with Crippen molar-refractivity contribution in [1.29, 1.82) is 0 Å². The van der Waals surface area contributed by atoms with Gasteiger partial charge in [0.15, 0.2) is 11.6 Å². The molecule has 0 bridgehead atoms. The van der Waals surface area contributed by atoms with E-state index < -0.39 is 0 Å². The van der Waals surface area contributed by atoms with Crippen LogP contribution in [0.4, 0.5) is 11.6 Å². The summed E-state index contributed by atoms with van der Waals surface area (Å²) < 4.78 is 0.